The van der Waals surface area contributed by atoms with Crippen LogP contribution in [-0.2, 0) is 19.2 Å². The summed E-state index contributed by atoms with van der Waals surface area (Å²) in [6.07, 6.45) is 1.17. The van der Waals surface area contributed by atoms with E-state index in [4.69, 9.17) is 5.26 Å². The molecule has 0 atom stereocenters. The van der Waals surface area contributed by atoms with Gasteiger partial charge in [0.15, 0.2) is 0 Å². The lowest BCUT2D eigenvalue weighted by Crippen LogP contribution is -2.51. The molecule has 1 saturated heterocycles. The van der Waals surface area contributed by atoms with Crippen molar-refractivity contribution in [1.29, 1.82) is 5.26 Å². The van der Waals surface area contributed by atoms with E-state index in [1.165, 1.54) is 6.08 Å². The second-order valence-electron chi connectivity index (χ2n) is 3.69. The molecule has 0 unspecified atom stereocenters. The van der Waals surface area contributed by atoms with Gasteiger partial charge in [-0.15, -0.1) is 0 Å². The Kier molecular flexibility index (Phi) is 4.48. The summed E-state index contributed by atoms with van der Waals surface area (Å²) < 4.78 is 0. The van der Waals surface area contributed by atoms with E-state index in [1.807, 2.05) is 16.0 Å². The van der Waals surface area contributed by atoms with Gasteiger partial charge in [-0.2, -0.15) is 5.26 Å². The van der Waals surface area contributed by atoms with Gasteiger partial charge in [-0.05, 0) is 6.08 Å². The summed E-state index contributed by atoms with van der Waals surface area (Å²) in [5.74, 6) is -2.69. The van der Waals surface area contributed by atoms with Crippen molar-refractivity contribution in [3.8, 4) is 6.07 Å². The first-order chi connectivity index (χ1) is 9.76. The Morgan fingerprint density at radius 3 is 1.86 bits per heavy atom. The maximum Gasteiger partial charge on any atom is 0.328 e. The highest BCUT2D eigenvalue weighted by atomic mass is 16.2. The van der Waals surface area contributed by atoms with Crippen LogP contribution in [0.25, 0.3) is 0 Å². The third-order valence-electron chi connectivity index (χ3n) is 2.20. The highest BCUT2D eigenvalue weighted by Crippen LogP contribution is 2.06. The van der Waals surface area contributed by atoms with Crippen LogP contribution in [0.4, 0.5) is 4.79 Å². The van der Waals surface area contributed by atoms with Gasteiger partial charge in [-0.3, -0.25) is 35.1 Å². The van der Waals surface area contributed by atoms with Crippen LogP contribution in [0.3, 0.4) is 0 Å². The lowest BCUT2D eigenvalue weighted by Gasteiger charge is -2.11. The minimum atomic E-state index is -0.803. The number of carbonyl (C=O) groups excluding carboxylic acids is 5. The van der Waals surface area contributed by atoms with Gasteiger partial charge >= 0.3 is 6.03 Å². The Balaban J connectivity index is 0.000000211. The number of nitrogens with one attached hydrogen (secondary N) is 3. The highest BCUT2D eigenvalue weighted by Gasteiger charge is 2.25. The molecule has 9 heteroatoms. The summed E-state index contributed by atoms with van der Waals surface area (Å²) in [5, 5.41) is 14.0. The van der Waals surface area contributed by atoms with Crippen LogP contribution in [0, 0.1) is 11.3 Å². The van der Waals surface area contributed by atoms with Gasteiger partial charge in [0, 0.05) is 5.57 Å². The molecule has 0 bridgehead atoms. The molecule has 2 aliphatic heterocycles. The number of nitrogens with zero attached hydrogens (tertiary/aromatic N) is 1. The standard InChI is InChI=1S/C7H4N2O2.C5H4N2O3/c1-4-2-5(3-8)7(11)9-6(4)10;1-2-3(8)6-5(10)7-4(2)9/h2H,1H2,(H,9,10,11);1H2,(H2,6,7,8,9,10). The van der Waals surface area contributed by atoms with Gasteiger partial charge < -0.3 is 0 Å². The number of imide groups is 3. The van der Waals surface area contributed by atoms with Crippen LogP contribution in [0.2, 0.25) is 0 Å². The predicted molar refractivity (Wildman–Crippen MR) is 66.8 cm³/mol. The van der Waals surface area contributed by atoms with Crippen molar-refractivity contribution in [3.63, 3.8) is 0 Å². The van der Waals surface area contributed by atoms with Gasteiger partial charge in [0.1, 0.15) is 11.6 Å². The predicted octanol–water partition coefficient (Wildman–Crippen LogP) is -1.44. The molecule has 2 aliphatic rings. The molecular formula is C12H8N4O5. The number of nitriles is 1. The fraction of sp³-hybridized carbons (Fsp3) is 0. The fourth-order valence-corrected chi connectivity index (χ4v) is 1.13. The molecular weight excluding hydrogens is 280 g/mol. The average Bonchev–Trinajstić information content (AvgIpc) is 2.41. The lowest BCUT2D eigenvalue weighted by molar-refractivity contribution is -0.127. The Hall–Kier alpha value is -3.54. The Morgan fingerprint density at radius 1 is 0.857 bits per heavy atom. The molecule has 3 N–H and O–H groups in total. The molecule has 2 heterocycles. The highest BCUT2D eigenvalue weighted by molar-refractivity contribution is 6.28. The maximum atomic E-state index is 10.7. The summed E-state index contributed by atoms with van der Waals surface area (Å²) in [6, 6.07) is 0.837. The molecule has 0 aromatic carbocycles. The van der Waals surface area contributed by atoms with Crippen LogP contribution < -0.4 is 16.0 Å². The minimum absolute atomic E-state index is 0.0883. The first-order valence-corrected chi connectivity index (χ1v) is 5.28. The van der Waals surface area contributed by atoms with Crippen LogP contribution in [0.5, 0.6) is 0 Å². The first kappa shape index (κ1) is 15.5. The minimum Gasteiger partial charge on any atom is -0.288 e. The molecule has 106 valence electrons. The Bertz CT molecular complexity index is 658. The molecule has 21 heavy (non-hydrogen) atoms. The van der Waals surface area contributed by atoms with Crippen molar-refractivity contribution in [2.24, 2.45) is 0 Å². The molecule has 9 nitrogen and oxygen atoms in total. The largest absolute Gasteiger partial charge is 0.328 e. The second-order valence-corrected chi connectivity index (χ2v) is 3.69. The van der Waals surface area contributed by atoms with Gasteiger partial charge in [0.2, 0.25) is 0 Å². The Morgan fingerprint density at radius 2 is 1.38 bits per heavy atom. The summed E-state index contributed by atoms with van der Waals surface area (Å²) in [4.78, 5) is 52.8. The summed E-state index contributed by atoms with van der Waals surface area (Å²) in [6.45, 7) is 6.47. The SMILES string of the molecule is C=C1C(=O)NC(=O)NC1=O.C=C1C=C(C#N)C(=O)NC1=O. The number of hydrogen-bond acceptors (Lipinski definition) is 6. The molecule has 2 rings (SSSR count). The third kappa shape index (κ3) is 3.71. The normalized spacial score (nSPS) is 17.7. The number of rotatable bonds is 0. The number of amides is 6. The lowest BCUT2D eigenvalue weighted by atomic mass is 10.1. The van der Waals surface area contributed by atoms with E-state index >= 15 is 0 Å². The topological polar surface area (TPSA) is 145 Å². The van der Waals surface area contributed by atoms with Crippen molar-refractivity contribution in [3.05, 3.63) is 36.0 Å². The summed E-state index contributed by atoms with van der Waals surface area (Å²) in [5.41, 5.74) is -0.213. The zero-order valence-electron chi connectivity index (χ0n) is 10.5. The van der Waals surface area contributed by atoms with Crippen molar-refractivity contribution >= 4 is 29.7 Å². The first-order valence-electron chi connectivity index (χ1n) is 5.28. The second kappa shape index (κ2) is 6.07. The van der Waals surface area contributed by atoms with E-state index < -0.39 is 29.7 Å². The van der Waals surface area contributed by atoms with Crippen LogP contribution in [0.1, 0.15) is 0 Å². The van der Waals surface area contributed by atoms with E-state index in [1.54, 1.807) is 6.07 Å². The van der Waals surface area contributed by atoms with E-state index in [-0.39, 0.29) is 16.7 Å². The quantitative estimate of drug-likeness (QED) is 0.282. The van der Waals surface area contributed by atoms with Crippen molar-refractivity contribution in [1.82, 2.24) is 16.0 Å². The van der Waals surface area contributed by atoms with Gasteiger partial charge in [0.05, 0.1) is 5.57 Å². The maximum absolute atomic E-state index is 10.7. The van der Waals surface area contributed by atoms with E-state index in [2.05, 4.69) is 13.2 Å². The van der Waals surface area contributed by atoms with Crippen LogP contribution in [0.15, 0.2) is 36.0 Å². The van der Waals surface area contributed by atoms with Gasteiger partial charge in [-0.1, -0.05) is 13.2 Å². The fourth-order valence-electron chi connectivity index (χ4n) is 1.13. The summed E-state index contributed by atoms with van der Waals surface area (Å²) >= 11 is 0. The summed E-state index contributed by atoms with van der Waals surface area (Å²) in [7, 11) is 0. The van der Waals surface area contributed by atoms with Crippen LogP contribution in [-0.4, -0.2) is 29.7 Å². The molecule has 0 aromatic heterocycles. The molecule has 0 aromatic rings. The molecule has 0 saturated carbocycles. The number of urea groups is 1. The average molecular weight is 288 g/mol. The smallest absolute Gasteiger partial charge is 0.288 e. The number of carbonyl (C=O) groups is 5. The van der Waals surface area contributed by atoms with Gasteiger partial charge in [-0.25, -0.2) is 4.79 Å². The molecule has 0 spiro atoms. The van der Waals surface area contributed by atoms with E-state index in [0.29, 0.717) is 0 Å². The van der Waals surface area contributed by atoms with Crippen molar-refractivity contribution in [2.75, 3.05) is 0 Å². The van der Waals surface area contributed by atoms with E-state index in [9.17, 15) is 24.0 Å². The monoisotopic (exact) mass is 288 g/mol. The molecule has 0 radical (unpaired) electrons. The van der Waals surface area contributed by atoms with Gasteiger partial charge in [0.25, 0.3) is 23.6 Å². The van der Waals surface area contributed by atoms with Crippen molar-refractivity contribution < 1.29 is 24.0 Å². The van der Waals surface area contributed by atoms with Crippen molar-refractivity contribution in [2.45, 2.75) is 0 Å². The zero-order valence-corrected chi connectivity index (χ0v) is 10.5. The zero-order chi connectivity index (χ0) is 16.2. The van der Waals surface area contributed by atoms with Crippen LogP contribution >= 0.6 is 0 Å². The Labute approximate surface area is 118 Å². The molecule has 0 aliphatic carbocycles. The van der Waals surface area contributed by atoms with E-state index in [0.717, 1.165) is 0 Å². The number of barbiturate groups is 1. The third-order valence-corrected chi connectivity index (χ3v) is 2.20. The molecule has 6 amide bonds. The number of hydrogen-bond donors (Lipinski definition) is 3. The molecule has 1 fully saturated rings.